The zero-order valence-electron chi connectivity index (χ0n) is 19.0. The molecule has 1 saturated heterocycles. The zero-order valence-corrected chi connectivity index (χ0v) is 19.8. The Hall–Kier alpha value is -2.60. The second-order valence-corrected chi connectivity index (χ2v) is 11.6. The van der Waals surface area contributed by atoms with Gasteiger partial charge in [-0.1, -0.05) is 12.8 Å². The van der Waals surface area contributed by atoms with Gasteiger partial charge in [0, 0.05) is 44.0 Å². The molecule has 1 aromatic rings. The number of nitriles is 1. The Balaban J connectivity index is 1.31. The maximum atomic E-state index is 13.3. The summed E-state index contributed by atoms with van der Waals surface area (Å²) >= 11 is 0. The second-order valence-electron chi connectivity index (χ2n) is 9.57. The van der Waals surface area contributed by atoms with E-state index in [-0.39, 0.29) is 34.6 Å². The molecule has 9 heteroatoms. The first-order chi connectivity index (χ1) is 15.7. The van der Waals surface area contributed by atoms with Gasteiger partial charge < -0.3 is 15.0 Å². The van der Waals surface area contributed by atoms with Crippen molar-refractivity contribution in [2.24, 2.45) is 11.8 Å². The predicted octanol–water partition coefficient (Wildman–Crippen LogP) is 2.44. The van der Waals surface area contributed by atoms with Crippen LogP contribution < -0.4 is 10.1 Å². The molecule has 2 saturated carbocycles. The molecule has 0 spiro atoms. The molecule has 3 fully saturated rings. The number of carbonyl (C=O) groups excluding carboxylic acids is 2. The van der Waals surface area contributed by atoms with Crippen LogP contribution in [0.25, 0.3) is 0 Å². The fourth-order valence-electron chi connectivity index (χ4n) is 4.84. The molecule has 2 atom stereocenters. The monoisotopic (exact) mass is 473 g/mol. The Kier molecular flexibility index (Phi) is 6.66. The number of rotatable bonds is 6. The number of sulfone groups is 1. The van der Waals surface area contributed by atoms with Crippen LogP contribution >= 0.6 is 0 Å². The van der Waals surface area contributed by atoms with Crippen LogP contribution in [0.15, 0.2) is 29.2 Å². The number of benzene rings is 1. The summed E-state index contributed by atoms with van der Waals surface area (Å²) in [5.41, 5.74) is -0.711. The van der Waals surface area contributed by atoms with Crippen molar-refractivity contribution in [1.29, 1.82) is 5.26 Å². The number of carbonyl (C=O) groups is 2. The van der Waals surface area contributed by atoms with Crippen molar-refractivity contribution >= 4 is 21.7 Å². The lowest BCUT2D eigenvalue weighted by molar-refractivity contribution is -0.145. The summed E-state index contributed by atoms with van der Waals surface area (Å²) in [6.07, 6.45) is 7.12. The molecule has 0 unspecified atom stereocenters. The molecule has 178 valence electrons. The molecule has 0 radical (unpaired) electrons. The van der Waals surface area contributed by atoms with Gasteiger partial charge in [0.1, 0.15) is 17.4 Å². The van der Waals surface area contributed by atoms with E-state index in [0.29, 0.717) is 57.4 Å². The number of likely N-dealkylation sites (tertiary alicyclic amines) is 1. The molecular weight excluding hydrogens is 442 g/mol. The van der Waals surface area contributed by atoms with Gasteiger partial charge in [-0.2, -0.15) is 5.26 Å². The highest BCUT2D eigenvalue weighted by atomic mass is 32.2. The molecular formula is C24H31N3O5S. The van der Waals surface area contributed by atoms with E-state index in [0.717, 1.165) is 12.8 Å². The molecule has 8 nitrogen and oxygen atoms in total. The van der Waals surface area contributed by atoms with Gasteiger partial charge in [-0.3, -0.25) is 9.59 Å². The lowest BCUT2D eigenvalue weighted by atomic mass is 9.77. The molecule has 0 aromatic heterocycles. The smallest absolute Gasteiger partial charge is 0.226 e. The van der Waals surface area contributed by atoms with Crippen molar-refractivity contribution < 1.29 is 22.7 Å². The van der Waals surface area contributed by atoms with E-state index in [1.165, 1.54) is 18.4 Å². The van der Waals surface area contributed by atoms with Gasteiger partial charge >= 0.3 is 0 Å². The molecule has 1 aromatic carbocycles. The van der Waals surface area contributed by atoms with Gasteiger partial charge in [-0.15, -0.1) is 0 Å². The van der Waals surface area contributed by atoms with E-state index < -0.39 is 15.4 Å². The predicted molar refractivity (Wildman–Crippen MR) is 121 cm³/mol. The van der Waals surface area contributed by atoms with Crippen LogP contribution in [0.2, 0.25) is 0 Å². The first kappa shape index (κ1) is 23.6. The van der Waals surface area contributed by atoms with E-state index in [1.54, 1.807) is 12.1 Å². The minimum Gasteiger partial charge on any atom is -0.490 e. The Bertz CT molecular complexity index is 1030. The van der Waals surface area contributed by atoms with Crippen molar-refractivity contribution in [3.63, 3.8) is 0 Å². The molecule has 2 amide bonds. The van der Waals surface area contributed by atoms with Crippen LogP contribution in [-0.2, 0) is 19.4 Å². The number of hydrogen-bond acceptors (Lipinski definition) is 6. The highest BCUT2D eigenvalue weighted by Crippen LogP contribution is 2.37. The molecule has 1 N–H and O–H groups in total. The van der Waals surface area contributed by atoms with Crippen molar-refractivity contribution in [3.05, 3.63) is 24.3 Å². The van der Waals surface area contributed by atoms with Gasteiger partial charge in [0.2, 0.25) is 11.8 Å². The number of amides is 2. The van der Waals surface area contributed by atoms with Crippen LogP contribution in [0, 0.1) is 23.2 Å². The SMILES string of the molecule is CS(=O)(=O)c1ccc(OC2CCN(C(=O)[C@@H]3CCCC[C@H]3C(=O)NC3(C#N)CC3)CC2)cc1. The van der Waals surface area contributed by atoms with Gasteiger partial charge in [0.25, 0.3) is 0 Å². The van der Waals surface area contributed by atoms with E-state index in [1.807, 2.05) is 4.90 Å². The van der Waals surface area contributed by atoms with Crippen LogP contribution in [0.4, 0.5) is 0 Å². The Morgan fingerprint density at radius 3 is 2.21 bits per heavy atom. The minimum atomic E-state index is -3.24. The zero-order chi connectivity index (χ0) is 23.6. The van der Waals surface area contributed by atoms with Crippen molar-refractivity contribution in [1.82, 2.24) is 10.2 Å². The Labute approximate surface area is 195 Å². The summed E-state index contributed by atoms with van der Waals surface area (Å²) in [6.45, 7) is 1.13. The summed E-state index contributed by atoms with van der Waals surface area (Å²) in [7, 11) is -3.24. The van der Waals surface area contributed by atoms with Gasteiger partial charge in [0.05, 0.1) is 11.0 Å². The minimum absolute atomic E-state index is 0.0348. The fraction of sp³-hybridized carbons (Fsp3) is 0.625. The maximum absolute atomic E-state index is 13.3. The third kappa shape index (κ3) is 5.49. The molecule has 3 aliphatic rings. The fourth-order valence-corrected chi connectivity index (χ4v) is 5.48. The van der Waals surface area contributed by atoms with Crippen molar-refractivity contribution in [3.8, 4) is 11.8 Å². The maximum Gasteiger partial charge on any atom is 0.226 e. The average molecular weight is 474 g/mol. The van der Waals surface area contributed by atoms with Crippen LogP contribution in [0.3, 0.4) is 0 Å². The lowest BCUT2D eigenvalue weighted by Crippen LogP contribution is -2.50. The van der Waals surface area contributed by atoms with Crippen LogP contribution in [0.1, 0.15) is 51.4 Å². The second kappa shape index (κ2) is 9.34. The van der Waals surface area contributed by atoms with Gasteiger partial charge in [0.15, 0.2) is 9.84 Å². The van der Waals surface area contributed by atoms with E-state index in [9.17, 15) is 23.3 Å². The standard InChI is InChI=1S/C24H31N3O5S/c1-33(30,31)19-8-6-17(7-9-19)32-18-10-14-27(15-11-18)23(29)21-5-3-2-4-20(21)22(28)26-24(16-25)12-13-24/h6-9,18,20-21H,2-5,10-15H2,1H3,(H,26,28)/t20-,21-/m1/s1. The number of piperidine rings is 1. The van der Waals surface area contributed by atoms with Crippen LogP contribution in [-0.4, -0.2) is 56.1 Å². The first-order valence-electron chi connectivity index (χ1n) is 11.7. The third-order valence-electron chi connectivity index (χ3n) is 7.05. The number of hydrogen-bond donors (Lipinski definition) is 1. The van der Waals surface area contributed by atoms with Gasteiger partial charge in [-0.05, 0) is 49.9 Å². The normalized spacial score (nSPS) is 25.0. The quantitative estimate of drug-likeness (QED) is 0.678. The molecule has 33 heavy (non-hydrogen) atoms. The number of nitrogens with zero attached hydrogens (tertiary/aromatic N) is 2. The van der Waals surface area contributed by atoms with E-state index in [4.69, 9.17) is 4.74 Å². The molecule has 0 bridgehead atoms. The van der Waals surface area contributed by atoms with Gasteiger partial charge in [-0.25, -0.2) is 8.42 Å². The summed E-state index contributed by atoms with van der Waals surface area (Å²) in [6, 6.07) is 8.59. The Morgan fingerprint density at radius 1 is 1.06 bits per heavy atom. The summed E-state index contributed by atoms with van der Waals surface area (Å²) in [4.78, 5) is 28.3. The van der Waals surface area contributed by atoms with E-state index >= 15 is 0 Å². The third-order valence-corrected chi connectivity index (χ3v) is 8.18. The molecule has 4 rings (SSSR count). The molecule has 2 aliphatic carbocycles. The van der Waals surface area contributed by atoms with E-state index in [2.05, 4.69) is 11.4 Å². The molecule has 1 heterocycles. The first-order valence-corrected chi connectivity index (χ1v) is 13.6. The summed E-state index contributed by atoms with van der Waals surface area (Å²) < 4.78 is 29.2. The number of ether oxygens (including phenoxy) is 1. The highest BCUT2D eigenvalue weighted by molar-refractivity contribution is 7.90. The van der Waals surface area contributed by atoms with Crippen molar-refractivity contribution in [2.75, 3.05) is 19.3 Å². The largest absolute Gasteiger partial charge is 0.490 e. The van der Waals surface area contributed by atoms with Crippen molar-refractivity contribution in [2.45, 2.75) is 67.9 Å². The number of nitrogens with one attached hydrogen (secondary N) is 1. The highest BCUT2D eigenvalue weighted by Gasteiger charge is 2.47. The van der Waals surface area contributed by atoms with Crippen LogP contribution in [0.5, 0.6) is 5.75 Å². The Morgan fingerprint density at radius 2 is 1.67 bits per heavy atom. The average Bonchev–Trinajstić information content (AvgIpc) is 3.59. The topological polar surface area (TPSA) is 117 Å². The summed E-state index contributed by atoms with van der Waals surface area (Å²) in [5, 5.41) is 12.2. The summed E-state index contributed by atoms with van der Waals surface area (Å²) in [5.74, 6) is -0.188. The lowest BCUT2D eigenvalue weighted by Gasteiger charge is -2.37. The molecule has 1 aliphatic heterocycles.